The van der Waals surface area contributed by atoms with Crippen LogP contribution in [0.1, 0.15) is 6.92 Å². The van der Waals surface area contributed by atoms with E-state index in [0.29, 0.717) is 0 Å². The van der Waals surface area contributed by atoms with Gasteiger partial charge in [-0.1, -0.05) is 0 Å². The third-order valence-electron chi connectivity index (χ3n) is 0.244. The first-order chi connectivity index (χ1) is 3.13. The van der Waals surface area contributed by atoms with Crippen LogP contribution in [-0.4, -0.2) is 41.6 Å². The number of carbonyl (C=O) groups is 2. The topological polar surface area (TPSA) is 69.4 Å². The molecular formula is C3H6NNaO3. The summed E-state index contributed by atoms with van der Waals surface area (Å²) in [5.41, 5.74) is 4.41. The first-order valence-corrected chi connectivity index (χ1v) is 1.61. The Bertz CT molecular complexity index is 90.7. The van der Waals surface area contributed by atoms with Crippen LogP contribution >= 0.6 is 0 Å². The molecule has 0 heterocycles. The molecule has 0 bridgehead atoms. The van der Waals surface area contributed by atoms with Gasteiger partial charge in [-0.15, -0.1) is 0 Å². The van der Waals surface area contributed by atoms with Crippen molar-refractivity contribution in [1.29, 1.82) is 0 Å². The van der Waals surface area contributed by atoms with Crippen molar-refractivity contribution in [3.8, 4) is 0 Å². The Kier molecular flexibility index (Phi) is 6.89. The van der Waals surface area contributed by atoms with Crippen LogP contribution < -0.4 is 5.73 Å². The number of hydrogen-bond donors (Lipinski definition) is 1. The third-order valence-corrected chi connectivity index (χ3v) is 0.244. The van der Waals surface area contributed by atoms with Crippen LogP contribution in [0.4, 0.5) is 4.79 Å². The molecule has 0 aromatic rings. The molecule has 5 heteroatoms. The predicted octanol–water partition coefficient (Wildman–Crippen LogP) is -1.02. The van der Waals surface area contributed by atoms with Crippen molar-refractivity contribution in [3.63, 3.8) is 0 Å². The fraction of sp³-hybridized carbons (Fsp3) is 0.333. The van der Waals surface area contributed by atoms with Crippen molar-refractivity contribution in [3.05, 3.63) is 0 Å². The average molecular weight is 127 g/mol. The van der Waals surface area contributed by atoms with E-state index in [0.717, 1.165) is 6.92 Å². The molecule has 0 aliphatic heterocycles. The standard InChI is InChI=1S/C3H5NO3.Na.H/c1-2(5)7-3(4)6;;/h1H3,(H2,4,6);;. The van der Waals surface area contributed by atoms with E-state index in [2.05, 4.69) is 10.5 Å². The van der Waals surface area contributed by atoms with Gasteiger partial charge in [0, 0.05) is 6.92 Å². The van der Waals surface area contributed by atoms with Gasteiger partial charge in [0.2, 0.25) is 0 Å². The van der Waals surface area contributed by atoms with E-state index in [4.69, 9.17) is 0 Å². The fourth-order valence-corrected chi connectivity index (χ4v) is 0.142. The maximum atomic E-state index is 9.73. The van der Waals surface area contributed by atoms with Crippen LogP contribution in [-0.2, 0) is 9.53 Å². The summed E-state index contributed by atoms with van der Waals surface area (Å²) < 4.78 is 3.75. The van der Waals surface area contributed by atoms with Crippen LogP contribution in [0.5, 0.6) is 0 Å². The van der Waals surface area contributed by atoms with E-state index >= 15 is 0 Å². The van der Waals surface area contributed by atoms with E-state index in [1.807, 2.05) is 0 Å². The molecule has 42 valence electrons. The SMILES string of the molecule is CC(=O)OC(N)=O.[NaH]. The summed E-state index contributed by atoms with van der Waals surface area (Å²) in [5.74, 6) is -0.687. The fourth-order valence-electron chi connectivity index (χ4n) is 0.142. The number of esters is 1. The van der Waals surface area contributed by atoms with E-state index in [1.165, 1.54) is 0 Å². The van der Waals surface area contributed by atoms with Crippen LogP contribution in [0.3, 0.4) is 0 Å². The van der Waals surface area contributed by atoms with Gasteiger partial charge < -0.3 is 10.5 Å². The minimum atomic E-state index is -1.06. The van der Waals surface area contributed by atoms with E-state index in [-0.39, 0.29) is 29.6 Å². The van der Waals surface area contributed by atoms with Crippen LogP contribution in [0.25, 0.3) is 0 Å². The van der Waals surface area contributed by atoms with Crippen molar-refractivity contribution in [2.24, 2.45) is 5.73 Å². The second-order valence-electron chi connectivity index (χ2n) is 0.913. The quantitative estimate of drug-likeness (QED) is 0.257. The zero-order valence-corrected chi connectivity index (χ0v) is 3.80. The summed E-state index contributed by atoms with van der Waals surface area (Å²) in [5, 5.41) is 0. The van der Waals surface area contributed by atoms with E-state index in [1.54, 1.807) is 0 Å². The molecule has 0 saturated heterocycles. The minimum absolute atomic E-state index is 0. The second kappa shape index (κ2) is 5.08. The molecule has 0 aliphatic carbocycles. The number of nitrogens with two attached hydrogens (primary N) is 1. The summed E-state index contributed by atoms with van der Waals surface area (Å²) >= 11 is 0. The van der Waals surface area contributed by atoms with E-state index < -0.39 is 12.1 Å². The van der Waals surface area contributed by atoms with Crippen molar-refractivity contribution in [2.45, 2.75) is 6.92 Å². The first-order valence-electron chi connectivity index (χ1n) is 1.61. The first kappa shape index (κ1) is 10.8. The molecule has 0 aromatic heterocycles. The number of rotatable bonds is 0. The summed E-state index contributed by atoms with van der Waals surface area (Å²) in [7, 11) is 0. The van der Waals surface area contributed by atoms with Gasteiger partial charge in [0.1, 0.15) is 0 Å². The van der Waals surface area contributed by atoms with Gasteiger partial charge in [-0.05, 0) is 0 Å². The monoisotopic (exact) mass is 127 g/mol. The summed E-state index contributed by atoms with van der Waals surface area (Å²) in [6.45, 7) is 1.10. The molecule has 0 saturated carbocycles. The average Bonchev–Trinajstić information content (AvgIpc) is 1.27. The molecule has 0 fully saturated rings. The Morgan fingerprint density at radius 1 is 1.50 bits per heavy atom. The Hall–Kier alpha value is -0.0600. The van der Waals surface area contributed by atoms with Gasteiger partial charge in [0.15, 0.2) is 0 Å². The summed E-state index contributed by atoms with van der Waals surface area (Å²) in [6.07, 6.45) is -1.06. The molecule has 1 amide bonds. The Morgan fingerprint density at radius 3 is 1.88 bits per heavy atom. The predicted molar refractivity (Wildman–Crippen MR) is 28.5 cm³/mol. The summed E-state index contributed by atoms with van der Waals surface area (Å²) in [4.78, 5) is 19.3. The van der Waals surface area contributed by atoms with Crippen LogP contribution in [0.2, 0.25) is 0 Å². The van der Waals surface area contributed by atoms with Gasteiger partial charge in [-0.2, -0.15) is 0 Å². The number of hydrogen-bond acceptors (Lipinski definition) is 3. The molecule has 0 aliphatic rings. The van der Waals surface area contributed by atoms with Crippen molar-refractivity contribution in [1.82, 2.24) is 0 Å². The van der Waals surface area contributed by atoms with Gasteiger partial charge in [-0.25, -0.2) is 4.79 Å². The number of carbonyl (C=O) groups excluding carboxylic acids is 2. The van der Waals surface area contributed by atoms with Gasteiger partial charge in [0.05, 0.1) is 0 Å². The van der Waals surface area contributed by atoms with Crippen molar-refractivity contribution in [2.75, 3.05) is 0 Å². The second-order valence-corrected chi connectivity index (χ2v) is 0.913. The molecule has 4 nitrogen and oxygen atoms in total. The number of ether oxygens (including phenoxy) is 1. The summed E-state index contributed by atoms with van der Waals surface area (Å²) in [6, 6.07) is 0. The molecule has 2 N–H and O–H groups in total. The third kappa shape index (κ3) is 9.34. The molecule has 0 rings (SSSR count). The van der Waals surface area contributed by atoms with Crippen LogP contribution in [0.15, 0.2) is 0 Å². The number of primary amides is 1. The molecule has 0 spiro atoms. The van der Waals surface area contributed by atoms with Crippen molar-refractivity contribution >= 4 is 41.6 Å². The number of amides is 1. The van der Waals surface area contributed by atoms with Gasteiger partial charge in [0.25, 0.3) is 0 Å². The Labute approximate surface area is 68.7 Å². The molecule has 0 unspecified atom stereocenters. The molecule has 0 aromatic carbocycles. The molecule has 0 radical (unpaired) electrons. The maximum absolute atomic E-state index is 9.73. The van der Waals surface area contributed by atoms with Gasteiger partial charge in [-0.3, -0.25) is 4.79 Å². The normalized spacial score (nSPS) is 6.62. The zero-order chi connectivity index (χ0) is 5.86. The van der Waals surface area contributed by atoms with Gasteiger partial charge >= 0.3 is 41.6 Å². The molecular weight excluding hydrogens is 121 g/mol. The van der Waals surface area contributed by atoms with Crippen LogP contribution in [0, 0.1) is 0 Å². The van der Waals surface area contributed by atoms with Crippen molar-refractivity contribution < 1.29 is 14.3 Å². The Morgan fingerprint density at radius 2 is 1.88 bits per heavy atom. The molecule has 8 heavy (non-hydrogen) atoms. The van der Waals surface area contributed by atoms with E-state index in [9.17, 15) is 9.59 Å². The Balaban J connectivity index is 0. The zero-order valence-electron chi connectivity index (χ0n) is 3.80. The molecule has 0 atom stereocenters.